The van der Waals surface area contributed by atoms with Gasteiger partial charge in [0.1, 0.15) is 5.82 Å². The molecule has 4 rings (SSSR count). The van der Waals surface area contributed by atoms with E-state index in [1.807, 2.05) is 25.4 Å². The molecule has 0 spiro atoms. The molecule has 0 aliphatic heterocycles. The van der Waals surface area contributed by atoms with Crippen LogP contribution in [0.4, 0.5) is 4.39 Å². The first-order valence-corrected chi connectivity index (χ1v) is 6.42. The van der Waals surface area contributed by atoms with Gasteiger partial charge in [0, 0.05) is 18.8 Å². The van der Waals surface area contributed by atoms with Gasteiger partial charge in [-0.05, 0) is 36.4 Å². The summed E-state index contributed by atoms with van der Waals surface area (Å²) in [4.78, 5) is 4.65. The van der Waals surface area contributed by atoms with Crippen LogP contribution in [0, 0.1) is 5.82 Å². The molecule has 4 heteroatoms. The minimum absolute atomic E-state index is 0.233. The Morgan fingerprint density at radius 2 is 1.65 bits per heavy atom. The van der Waals surface area contributed by atoms with Crippen molar-refractivity contribution in [3.05, 3.63) is 60.5 Å². The second kappa shape index (κ2) is 3.93. The van der Waals surface area contributed by atoms with Gasteiger partial charge < -0.3 is 4.57 Å². The van der Waals surface area contributed by atoms with Crippen molar-refractivity contribution in [2.75, 3.05) is 0 Å². The number of nitrogens with zero attached hydrogens (tertiary/aromatic N) is 3. The summed E-state index contributed by atoms with van der Waals surface area (Å²) in [5.41, 5.74) is 4.02. The molecular formula is C16H12FN3. The zero-order valence-electron chi connectivity index (χ0n) is 10.9. The third-order valence-corrected chi connectivity index (χ3v) is 3.63. The van der Waals surface area contributed by atoms with Crippen molar-refractivity contribution in [3.63, 3.8) is 0 Å². The van der Waals surface area contributed by atoms with Gasteiger partial charge in [-0.25, -0.2) is 9.37 Å². The van der Waals surface area contributed by atoms with Gasteiger partial charge in [-0.3, -0.25) is 4.40 Å². The molecule has 2 heterocycles. The van der Waals surface area contributed by atoms with Crippen LogP contribution in [0.2, 0.25) is 0 Å². The van der Waals surface area contributed by atoms with Gasteiger partial charge in [-0.1, -0.05) is 12.1 Å². The number of fused-ring (bicyclic) bond motifs is 3. The van der Waals surface area contributed by atoms with E-state index in [0.29, 0.717) is 0 Å². The first-order chi connectivity index (χ1) is 9.74. The van der Waals surface area contributed by atoms with Gasteiger partial charge in [0.2, 0.25) is 5.78 Å². The Kier molecular flexibility index (Phi) is 2.21. The first-order valence-electron chi connectivity index (χ1n) is 6.42. The molecule has 0 atom stereocenters. The van der Waals surface area contributed by atoms with Crippen LogP contribution in [-0.4, -0.2) is 14.0 Å². The number of aromatic nitrogens is 3. The minimum atomic E-state index is -0.233. The van der Waals surface area contributed by atoms with Crippen LogP contribution >= 0.6 is 0 Å². The lowest BCUT2D eigenvalue weighted by molar-refractivity contribution is 0.628. The topological polar surface area (TPSA) is 22.2 Å². The first kappa shape index (κ1) is 11.2. The zero-order chi connectivity index (χ0) is 13.7. The Morgan fingerprint density at radius 3 is 2.40 bits per heavy atom. The highest BCUT2D eigenvalue weighted by molar-refractivity contribution is 5.82. The summed E-state index contributed by atoms with van der Waals surface area (Å²) in [5, 5.41) is 0. The number of rotatable bonds is 1. The Bertz CT molecular complexity index is 916. The number of hydrogen-bond acceptors (Lipinski definition) is 1. The number of benzene rings is 2. The largest absolute Gasteiger partial charge is 0.313 e. The minimum Gasteiger partial charge on any atom is -0.313 e. The van der Waals surface area contributed by atoms with Crippen molar-refractivity contribution in [2.45, 2.75) is 0 Å². The number of halogens is 1. The fourth-order valence-electron chi connectivity index (χ4n) is 2.60. The summed E-state index contributed by atoms with van der Waals surface area (Å²) >= 11 is 0. The maximum absolute atomic E-state index is 13.0. The standard InChI is InChI=1S/C16H12FN3/c1-19-14-4-2-3-5-15(14)20-10-13(18-16(19)20)11-6-8-12(17)9-7-11/h2-10H,1H3. The third-order valence-electron chi connectivity index (χ3n) is 3.63. The summed E-state index contributed by atoms with van der Waals surface area (Å²) in [5.74, 6) is 0.647. The Balaban J connectivity index is 1.99. The van der Waals surface area contributed by atoms with E-state index in [-0.39, 0.29) is 5.82 Å². The van der Waals surface area contributed by atoms with Crippen LogP contribution in [0.5, 0.6) is 0 Å². The van der Waals surface area contributed by atoms with Gasteiger partial charge in [0.15, 0.2) is 0 Å². The van der Waals surface area contributed by atoms with Gasteiger partial charge in [0.05, 0.1) is 16.7 Å². The molecule has 0 radical (unpaired) electrons. The maximum atomic E-state index is 13.0. The van der Waals surface area contributed by atoms with Crippen LogP contribution in [0.1, 0.15) is 0 Å². The number of aryl methyl sites for hydroxylation is 1. The molecule has 4 aromatic rings. The predicted molar refractivity (Wildman–Crippen MR) is 77.1 cm³/mol. The highest BCUT2D eigenvalue weighted by atomic mass is 19.1. The normalized spacial score (nSPS) is 11.5. The van der Waals surface area contributed by atoms with Gasteiger partial charge in [0.25, 0.3) is 0 Å². The number of hydrogen-bond donors (Lipinski definition) is 0. The SMILES string of the molecule is Cn1c2ccccc2n2cc(-c3ccc(F)cc3)nc12. The molecule has 20 heavy (non-hydrogen) atoms. The van der Waals surface area contributed by atoms with Gasteiger partial charge >= 0.3 is 0 Å². The van der Waals surface area contributed by atoms with Crippen molar-refractivity contribution in [1.82, 2.24) is 14.0 Å². The molecule has 3 nitrogen and oxygen atoms in total. The molecule has 0 aliphatic rings. The van der Waals surface area contributed by atoms with E-state index in [4.69, 9.17) is 0 Å². The summed E-state index contributed by atoms with van der Waals surface area (Å²) < 4.78 is 17.1. The molecule has 0 unspecified atom stereocenters. The van der Waals surface area contributed by atoms with E-state index in [9.17, 15) is 4.39 Å². The monoisotopic (exact) mass is 265 g/mol. The van der Waals surface area contributed by atoms with Crippen LogP contribution < -0.4 is 0 Å². The van der Waals surface area contributed by atoms with Crippen molar-refractivity contribution in [3.8, 4) is 11.3 Å². The summed E-state index contributed by atoms with van der Waals surface area (Å²) in [6.45, 7) is 0. The Labute approximate surface area is 114 Å². The van der Waals surface area contributed by atoms with Crippen molar-refractivity contribution >= 4 is 16.8 Å². The van der Waals surface area contributed by atoms with Crippen LogP contribution in [0.3, 0.4) is 0 Å². The molecular weight excluding hydrogens is 253 g/mol. The van der Waals surface area contributed by atoms with E-state index < -0.39 is 0 Å². The smallest absolute Gasteiger partial charge is 0.215 e. The summed E-state index contributed by atoms with van der Waals surface area (Å²) in [6, 6.07) is 14.6. The zero-order valence-corrected chi connectivity index (χ0v) is 10.9. The maximum Gasteiger partial charge on any atom is 0.215 e. The molecule has 98 valence electrons. The lowest BCUT2D eigenvalue weighted by Gasteiger charge is -1.97. The molecule has 2 aromatic carbocycles. The van der Waals surface area contributed by atoms with Crippen LogP contribution in [0.15, 0.2) is 54.7 Å². The van der Waals surface area contributed by atoms with E-state index in [0.717, 1.165) is 28.1 Å². The van der Waals surface area contributed by atoms with Gasteiger partial charge in [-0.2, -0.15) is 0 Å². The highest BCUT2D eigenvalue weighted by Crippen LogP contribution is 2.24. The molecule has 0 aliphatic carbocycles. The molecule has 2 aromatic heterocycles. The van der Waals surface area contributed by atoms with Crippen LogP contribution in [0.25, 0.3) is 28.1 Å². The average Bonchev–Trinajstić information content (AvgIpc) is 3.01. The summed E-state index contributed by atoms with van der Waals surface area (Å²) in [7, 11) is 2.00. The Morgan fingerprint density at radius 1 is 0.950 bits per heavy atom. The van der Waals surface area contributed by atoms with Crippen molar-refractivity contribution in [2.24, 2.45) is 7.05 Å². The number of para-hydroxylation sites is 2. The van der Waals surface area contributed by atoms with Crippen molar-refractivity contribution in [1.29, 1.82) is 0 Å². The lowest BCUT2D eigenvalue weighted by Crippen LogP contribution is -1.88. The second-order valence-corrected chi connectivity index (χ2v) is 4.85. The quantitative estimate of drug-likeness (QED) is 0.515. The van der Waals surface area contributed by atoms with E-state index in [1.54, 1.807) is 12.1 Å². The number of imidazole rings is 2. The molecule has 0 bridgehead atoms. The Hall–Kier alpha value is -2.62. The lowest BCUT2D eigenvalue weighted by atomic mass is 10.2. The van der Waals surface area contributed by atoms with E-state index >= 15 is 0 Å². The highest BCUT2D eigenvalue weighted by Gasteiger charge is 2.11. The average molecular weight is 265 g/mol. The molecule has 0 amide bonds. The molecule has 0 fully saturated rings. The molecule has 0 N–H and O–H groups in total. The fourth-order valence-corrected chi connectivity index (χ4v) is 2.60. The van der Waals surface area contributed by atoms with Crippen LogP contribution in [-0.2, 0) is 7.05 Å². The molecule has 0 saturated carbocycles. The van der Waals surface area contributed by atoms with E-state index in [1.165, 1.54) is 12.1 Å². The van der Waals surface area contributed by atoms with Gasteiger partial charge in [-0.15, -0.1) is 0 Å². The second-order valence-electron chi connectivity index (χ2n) is 4.85. The van der Waals surface area contributed by atoms with Crippen molar-refractivity contribution < 1.29 is 4.39 Å². The summed E-state index contributed by atoms with van der Waals surface area (Å²) in [6.07, 6.45) is 1.99. The molecule has 0 saturated heterocycles. The fraction of sp³-hybridized carbons (Fsp3) is 0.0625. The third kappa shape index (κ3) is 1.48. The predicted octanol–water partition coefficient (Wildman–Crippen LogP) is 3.63. The van der Waals surface area contributed by atoms with E-state index in [2.05, 4.69) is 26.1 Å².